The quantitative estimate of drug-likeness (QED) is 0.606. The number of nitrogens with one attached hydrogen (secondary N) is 1. The zero-order valence-corrected chi connectivity index (χ0v) is 10.0. The van der Waals surface area contributed by atoms with Crippen LogP contribution in [0.3, 0.4) is 0 Å². The standard InChI is InChI=1S/C12H15NO5/c1-16-9-18-11(14)7-13-12(15)17-8-10-5-3-2-4-6-10/h2-6H,7-9H2,1H3,(H,13,15). The predicted molar refractivity (Wildman–Crippen MR) is 62.6 cm³/mol. The Hall–Kier alpha value is -2.08. The van der Waals surface area contributed by atoms with Crippen molar-refractivity contribution in [3.05, 3.63) is 35.9 Å². The maximum atomic E-state index is 11.2. The van der Waals surface area contributed by atoms with Gasteiger partial charge in [-0.05, 0) is 5.56 Å². The molecule has 0 atom stereocenters. The van der Waals surface area contributed by atoms with Crippen LogP contribution >= 0.6 is 0 Å². The van der Waals surface area contributed by atoms with E-state index in [2.05, 4.69) is 14.8 Å². The van der Waals surface area contributed by atoms with E-state index in [9.17, 15) is 9.59 Å². The molecule has 6 heteroatoms. The molecule has 1 amide bonds. The Bertz CT molecular complexity index is 379. The molecule has 0 aliphatic rings. The molecule has 18 heavy (non-hydrogen) atoms. The first kappa shape index (κ1) is 14.0. The zero-order chi connectivity index (χ0) is 13.2. The molecule has 1 aromatic rings. The van der Waals surface area contributed by atoms with Gasteiger partial charge in [-0.25, -0.2) is 4.79 Å². The molecule has 0 bridgehead atoms. The number of benzene rings is 1. The average molecular weight is 253 g/mol. The summed E-state index contributed by atoms with van der Waals surface area (Å²) < 4.78 is 14.0. The number of carbonyl (C=O) groups is 2. The third-order valence-corrected chi connectivity index (χ3v) is 1.93. The SMILES string of the molecule is COCOC(=O)CNC(=O)OCc1ccccc1. The van der Waals surface area contributed by atoms with Gasteiger partial charge in [-0.1, -0.05) is 30.3 Å². The van der Waals surface area contributed by atoms with Crippen molar-refractivity contribution in [1.82, 2.24) is 5.32 Å². The Morgan fingerprint density at radius 2 is 1.89 bits per heavy atom. The second-order valence-electron chi connectivity index (χ2n) is 3.34. The summed E-state index contributed by atoms with van der Waals surface area (Å²) in [5, 5.41) is 2.27. The van der Waals surface area contributed by atoms with Gasteiger partial charge in [0.25, 0.3) is 0 Å². The third kappa shape index (κ3) is 5.86. The first-order chi connectivity index (χ1) is 8.72. The minimum atomic E-state index is -0.673. The largest absolute Gasteiger partial charge is 0.445 e. The van der Waals surface area contributed by atoms with Crippen LogP contribution in [0.5, 0.6) is 0 Å². The third-order valence-electron chi connectivity index (χ3n) is 1.93. The Balaban J connectivity index is 2.16. The number of hydrogen-bond donors (Lipinski definition) is 1. The fraction of sp³-hybridized carbons (Fsp3) is 0.333. The van der Waals surface area contributed by atoms with E-state index in [-0.39, 0.29) is 19.9 Å². The number of rotatable bonds is 6. The highest BCUT2D eigenvalue weighted by atomic mass is 16.7. The van der Waals surface area contributed by atoms with Crippen LogP contribution in [0.4, 0.5) is 4.79 Å². The molecular weight excluding hydrogens is 238 g/mol. The molecule has 1 N–H and O–H groups in total. The molecule has 0 fully saturated rings. The van der Waals surface area contributed by atoms with Crippen molar-refractivity contribution < 1.29 is 23.8 Å². The molecule has 6 nitrogen and oxygen atoms in total. The van der Waals surface area contributed by atoms with Crippen LogP contribution in [0.15, 0.2) is 30.3 Å². The topological polar surface area (TPSA) is 73.9 Å². The lowest BCUT2D eigenvalue weighted by molar-refractivity contribution is -0.152. The summed E-state index contributed by atoms with van der Waals surface area (Å²) in [6.07, 6.45) is -0.673. The van der Waals surface area contributed by atoms with E-state index in [1.807, 2.05) is 30.3 Å². The predicted octanol–water partition coefficient (Wildman–Crippen LogP) is 1.06. The highest BCUT2D eigenvalue weighted by molar-refractivity contribution is 5.77. The number of hydrogen-bond acceptors (Lipinski definition) is 5. The monoisotopic (exact) mass is 253 g/mol. The lowest BCUT2D eigenvalue weighted by Gasteiger charge is -2.07. The molecule has 0 saturated carbocycles. The summed E-state index contributed by atoms with van der Waals surface area (Å²) in [7, 11) is 1.40. The minimum absolute atomic E-state index is 0.139. The van der Waals surface area contributed by atoms with Crippen LogP contribution in [0.25, 0.3) is 0 Å². The molecule has 0 saturated heterocycles. The molecule has 0 aliphatic carbocycles. The van der Waals surface area contributed by atoms with Crippen LogP contribution in [0.2, 0.25) is 0 Å². The van der Waals surface area contributed by atoms with E-state index in [0.29, 0.717) is 0 Å². The van der Waals surface area contributed by atoms with Crippen molar-refractivity contribution >= 4 is 12.1 Å². The van der Waals surface area contributed by atoms with E-state index >= 15 is 0 Å². The van der Waals surface area contributed by atoms with Crippen LogP contribution in [-0.2, 0) is 25.6 Å². The minimum Gasteiger partial charge on any atom is -0.445 e. The van der Waals surface area contributed by atoms with Crippen LogP contribution < -0.4 is 5.32 Å². The molecule has 0 aromatic heterocycles. The maximum absolute atomic E-state index is 11.2. The molecule has 0 heterocycles. The van der Waals surface area contributed by atoms with Gasteiger partial charge in [0.05, 0.1) is 0 Å². The second-order valence-corrected chi connectivity index (χ2v) is 3.34. The molecule has 0 spiro atoms. The molecular formula is C12H15NO5. The molecule has 0 radical (unpaired) electrons. The summed E-state index contributed by atoms with van der Waals surface area (Å²) in [6, 6.07) is 9.23. The second kappa shape index (κ2) is 8.08. The summed E-state index contributed by atoms with van der Waals surface area (Å²) in [5.74, 6) is -0.589. The van der Waals surface area contributed by atoms with E-state index in [1.54, 1.807) is 0 Å². The molecule has 1 rings (SSSR count). The lowest BCUT2D eigenvalue weighted by atomic mass is 10.2. The van der Waals surface area contributed by atoms with Gasteiger partial charge in [0.15, 0.2) is 6.79 Å². The van der Waals surface area contributed by atoms with Gasteiger partial charge in [0.2, 0.25) is 0 Å². The summed E-state index contributed by atoms with van der Waals surface area (Å²) in [4.78, 5) is 22.2. The van der Waals surface area contributed by atoms with Gasteiger partial charge >= 0.3 is 12.1 Å². The van der Waals surface area contributed by atoms with Crippen LogP contribution in [0, 0.1) is 0 Å². The fourth-order valence-corrected chi connectivity index (χ4v) is 1.09. The van der Waals surface area contributed by atoms with Crippen molar-refractivity contribution in [3.8, 4) is 0 Å². The van der Waals surface area contributed by atoms with Crippen molar-refractivity contribution in [3.63, 3.8) is 0 Å². The van der Waals surface area contributed by atoms with E-state index < -0.39 is 12.1 Å². The summed E-state index contributed by atoms with van der Waals surface area (Å²) in [6.45, 7) is -0.240. The maximum Gasteiger partial charge on any atom is 0.407 e. The van der Waals surface area contributed by atoms with Crippen LogP contribution in [0.1, 0.15) is 5.56 Å². The number of ether oxygens (including phenoxy) is 3. The zero-order valence-electron chi connectivity index (χ0n) is 10.0. The molecule has 1 aromatic carbocycles. The first-order valence-electron chi connectivity index (χ1n) is 5.31. The van der Waals surface area contributed by atoms with E-state index in [0.717, 1.165) is 5.56 Å². The highest BCUT2D eigenvalue weighted by Crippen LogP contribution is 2.00. The van der Waals surface area contributed by atoms with Crippen molar-refractivity contribution in [2.24, 2.45) is 0 Å². The number of amides is 1. The Morgan fingerprint density at radius 1 is 1.17 bits per heavy atom. The smallest absolute Gasteiger partial charge is 0.407 e. The van der Waals surface area contributed by atoms with E-state index in [4.69, 9.17) is 4.74 Å². The number of carbonyl (C=O) groups excluding carboxylic acids is 2. The lowest BCUT2D eigenvalue weighted by Crippen LogP contribution is -2.31. The van der Waals surface area contributed by atoms with Gasteiger partial charge in [0, 0.05) is 7.11 Å². The fourth-order valence-electron chi connectivity index (χ4n) is 1.09. The number of esters is 1. The van der Waals surface area contributed by atoms with Gasteiger partial charge < -0.3 is 19.5 Å². The van der Waals surface area contributed by atoms with Crippen molar-refractivity contribution in [2.75, 3.05) is 20.4 Å². The Kier molecular flexibility index (Phi) is 6.27. The van der Waals surface area contributed by atoms with Crippen LogP contribution in [-0.4, -0.2) is 32.5 Å². The van der Waals surface area contributed by atoms with Gasteiger partial charge in [-0.15, -0.1) is 0 Å². The average Bonchev–Trinajstić information content (AvgIpc) is 2.41. The van der Waals surface area contributed by atoms with Crippen molar-refractivity contribution in [1.29, 1.82) is 0 Å². The first-order valence-corrected chi connectivity index (χ1v) is 5.31. The van der Waals surface area contributed by atoms with Crippen molar-refractivity contribution in [2.45, 2.75) is 6.61 Å². The Labute approximate surface area is 105 Å². The molecule has 98 valence electrons. The normalized spacial score (nSPS) is 9.61. The van der Waals surface area contributed by atoms with Gasteiger partial charge in [-0.2, -0.15) is 0 Å². The number of methoxy groups -OCH3 is 1. The van der Waals surface area contributed by atoms with Gasteiger partial charge in [-0.3, -0.25) is 4.79 Å². The summed E-state index contributed by atoms with van der Waals surface area (Å²) >= 11 is 0. The Morgan fingerprint density at radius 3 is 2.56 bits per heavy atom. The highest BCUT2D eigenvalue weighted by Gasteiger charge is 2.07. The summed E-state index contributed by atoms with van der Waals surface area (Å²) in [5.41, 5.74) is 0.870. The number of alkyl carbamates (subject to hydrolysis) is 1. The molecule has 0 aliphatic heterocycles. The van der Waals surface area contributed by atoms with Gasteiger partial charge in [0.1, 0.15) is 13.2 Å². The van der Waals surface area contributed by atoms with E-state index in [1.165, 1.54) is 7.11 Å². The molecule has 0 unspecified atom stereocenters.